The highest BCUT2D eigenvalue weighted by atomic mass is 19.1. The Balaban J connectivity index is 1.60. The van der Waals surface area contributed by atoms with Gasteiger partial charge in [-0.2, -0.15) is 0 Å². The van der Waals surface area contributed by atoms with Crippen LogP contribution in [0.25, 0.3) is 0 Å². The molecule has 22 heavy (non-hydrogen) atoms. The van der Waals surface area contributed by atoms with Crippen molar-refractivity contribution in [3.05, 3.63) is 30.1 Å². The first-order valence-corrected chi connectivity index (χ1v) is 7.97. The Kier molecular flexibility index (Phi) is 7.09. The van der Waals surface area contributed by atoms with Gasteiger partial charge < -0.3 is 19.3 Å². The van der Waals surface area contributed by atoms with Crippen LogP contribution >= 0.6 is 0 Å². The Labute approximate surface area is 131 Å². The first-order valence-electron chi connectivity index (χ1n) is 7.97. The zero-order valence-electron chi connectivity index (χ0n) is 13.0. The first kappa shape index (κ1) is 17.2. The zero-order chi connectivity index (χ0) is 15.8. The molecule has 1 aliphatic heterocycles. The van der Waals surface area contributed by atoms with Crippen LogP contribution < -0.4 is 4.74 Å². The van der Waals surface area contributed by atoms with E-state index in [0.717, 1.165) is 32.3 Å². The highest BCUT2D eigenvalue weighted by Crippen LogP contribution is 2.18. The van der Waals surface area contributed by atoms with E-state index in [1.165, 1.54) is 12.1 Å². The maximum Gasteiger partial charge on any atom is 0.157 e. The lowest BCUT2D eigenvalue weighted by molar-refractivity contribution is -0.186. The van der Waals surface area contributed by atoms with Crippen molar-refractivity contribution in [2.24, 2.45) is 0 Å². The van der Waals surface area contributed by atoms with Crippen molar-refractivity contribution in [1.82, 2.24) is 0 Å². The van der Waals surface area contributed by atoms with Crippen molar-refractivity contribution >= 4 is 0 Å². The van der Waals surface area contributed by atoms with Gasteiger partial charge in [-0.1, -0.05) is 0 Å². The van der Waals surface area contributed by atoms with Crippen LogP contribution in [0.2, 0.25) is 0 Å². The van der Waals surface area contributed by atoms with E-state index in [2.05, 4.69) is 0 Å². The fourth-order valence-corrected chi connectivity index (χ4v) is 2.38. The molecule has 5 heteroatoms. The Morgan fingerprint density at radius 3 is 2.73 bits per heavy atom. The minimum Gasteiger partial charge on any atom is -0.491 e. The van der Waals surface area contributed by atoms with Gasteiger partial charge in [0.05, 0.1) is 12.2 Å². The van der Waals surface area contributed by atoms with Crippen molar-refractivity contribution < 1.29 is 23.7 Å². The smallest absolute Gasteiger partial charge is 0.157 e. The first-order chi connectivity index (χ1) is 10.6. The quantitative estimate of drug-likeness (QED) is 0.800. The molecule has 1 heterocycles. The molecule has 2 unspecified atom stereocenters. The molecule has 3 atom stereocenters. The van der Waals surface area contributed by atoms with Gasteiger partial charge in [-0.25, -0.2) is 4.39 Å². The molecule has 2 rings (SSSR count). The van der Waals surface area contributed by atoms with Crippen molar-refractivity contribution in [3.63, 3.8) is 0 Å². The molecule has 0 aliphatic carbocycles. The molecule has 1 saturated heterocycles. The predicted molar refractivity (Wildman–Crippen MR) is 81.3 cm³/mol. The van der Waals surface area contributed by atoms with Gasteiger partial charge in [-0.15, -0.1) is 0 Å². The van der Waals surface area contributed by atoms with E-state index < -0.39 is 6.10 Å². The largest absolute Gasteiger partial charge is 0.491 e. The van der Waals surface area contributed by atoms with E-state index in [1.54, 1.807) is 12.1 Å². The fourth-order valence-electron chi connectivity index (χ4n) is 2.38. The lowest BCUT2D eigenvalue weighted by Crippen LogP contribution is -2.27. The SMILES string of the molecule is CC(CC[C@H](O)COc1ccc(F)cc1)OC1CCCCO1. The molecule has 0 aromatic heterocycles. The van der Waals surface area contributed by atoms with E-state index in [9.17, 15) is 9.50 Å². The van der Waals surface area contributed by atoms with Crippen LogP contribution in [0.4, 0.5) is 4.39 Å². The summed E-state index contributed by atoms with van der Waals surface area (Å²) in [5.41, 5.74) is 0. The molecule has 1 aromatic rings. The van der Waals surface area contributed by atoms with Gasteiger partial charge in [-0.3, -0.25) is 0 Å². The second kappa shape index (κ2) is 9.08. The highest BCUT2D eigenvalue weighted by Gasteiger charge is 2.18. The summed E-state index contributed by atoms with van der Waals surface area (Å²) < 4.78 is 29.5. The number of hydrogen-bond acceptors (Lipinski definition) is 4. The number of ether oxygens (including phenoxy) is 3. The maximum absolute atomic E-state index is 12.8. The molecule has 0 spiro atoms. The molecule has 4 nitrogen and oxygen atoms in total. The summed E-state index contributed by atoms with van der Waals surface area (Å²) in [7, 11) is 0. The normalized spacial score (nSPS) is 21.3. The third-order valence-electron chi connectivity index (χ3n) is 3.68. The molecular formula is C17H25FO4. The maximum atomic E-state index is 12.8. The number of hydrogen-bond donors (Lipinski definition) is 1. The van der Waals surface area contributed by atoms with Crippen LogP contribution in [-0.4, -0.2) is 36.8 Å². The number of aliphatic hydroxyl groups is 1. The average molecular weight is 312 g/mol. The van der Waals surface area contributed by atoms with Crippen LogP contribution in [-0.2, 0) is 9.47 Å². The average Bonchev–Trinajstić information content (AvgIpc) is 2.53. The van der Waals surface area contributed by atoms with E-state index in [1.807, 2.05) is 6.92 Å². The van der Waals surface area contributed by atoms with Gasteiger partial charge >= 0.3 is 0 Å². The Morgan fingerprint density at radius 1 is 1.27 bits per heavy atom. The summed E-state index contributed by atoms with van der Waals surface area (Å²) in [6, 6.07) is 5.77. The van der Waals surface area contributed by atoms with Gasteiger partial charge in [0.15, 0.2) is 6.29 Å². The third kappa shape index (κ3) is 6.30. The highest BCUT2D eigenvalue weighted by molar-refractivity contribution is 5.22. The Morgan fingerprint density at radius 2 is 2.05 bits per heavy atom. The van der Waals surface area contributed by atoms with Crippen molar-refractivity contribution in [3.8, 4) is 5.75 Å². The molecule has 1 aliphatic rings. The van der Waals surface area contributed by atoms with E-state index >= 15 is 0 Å². The summed E-state index contributed by atoms with van der Waals surface area (Å²) in [4.78, 5) is 0. The summed E-state index contributed by atoms with van der Waals surface area (Å²) in [5.74, 6) is 0.254. The van der Waals surface area contributed by atoms with Crippen molar-refractivity contribution in [1.29, 1.82) is 0 Å². The van der Waals surface area contributed by atoms with Crippen molar-refractivity contribution in [2.75, 3.05) is 13.2 Å². The van der Waals surface area contributed by atoms with Crippen LogP contribution in [0.15, 0.2) is 24.3 Å². The van der Waals surface area contributed by atoms with Crippen LogP contribution in [0.5, 0.6) is 5.75 Å². The summed E-state index contributed by atoms with van der Waals surface area (Å²) in [5, 5.41) is 9.93. The van der Waals surface area contributed by atoms with Crippen LogP contribution in [0.1, 0.15) is 39.0 Å². The van der Waals surface area contributed by atoms with Gasteiger partial charge in [0, 0.05) is 6.61 Å². The number of rotatable bonds is 8. The second-order valence-corrected chi connectivity index (χ2v) is 5.74. The minimum absolute atomic E-state index is 0.0450. The lowest BCUT2D eigenvalue weighted by Gasteiger charge is -2.26. The molecule has 0 bridgehead atoms. The zero-order valence-corrected chi connectivity index (χ0v) is 13.0. The Bertz CT molecular complexity index is 417. The van der Waals surface area contributed by atoms with Gasteiger partial charge in [-0.05, 0) is 63.3 Å². The molecule has 0 radical (unpaired) electrons. The predicted octanol–water partition coefficient (Wildman–Crippen LogP) is 3.28. The number of halogens is 1. The van der Waals surface area contributed by atoms with Gasteiger partial charge in [0.1, 0.15) is 18.2 Å². The van der Waals surface area contributed by atoms with E-state index in [0.29, 0.717) is 12.2 Å². The standard InChI is InChI=1S/C17H25FO4/c1-13(22-17-4-2-3-11-20-17)5-8-15(19)12-21-16-9-6-14(18)7-10-16/h6-7,9-10,13,15,17,19H,2-5,8,11-12H2,1H3/t13?,15-,17?/m0/s1. The fraction of sp³-hybridized carbons (Fsp3) is 0.647. The van der Waals surface area contributed by atoms with E-state index in [-0.39, 0.29) is 24.8 Å². The summed E-state index contributed by atoms with van der Waals surface area (Å²) in [6.45, 7) is 2.95. The third-order valence-corrected chi connectivity index (χ3v) is 3.68. The molecule has 1 N–H and O–H groups in total. The van der Waals surface area contributed by atoms with E-state index in [4.69, 9.17) is 14.2 Å². The number of aliphatic hydroxyl groups excluding tert-OH is 1. The lowest BCUT2D eigenvalue weighted by atomic mass is 10.1. The molecule has 0 amide bonds. The molecule has 1 aromatic carbocycles. The monoisotopic (exact) mass is 312 g/mol. The number of benzene rings is 1. The van der Waals surface area contributed by atoms with Gasteiger partial charge in [0.2, 0.25) is 0 Å². The van der Waals surface area contributed by atoms with Gasteiger partial charge in [0.25, 0.3) is 0 Å². The minimum atomic E-state index is -0.566. The Hall–Kier alpha value is -1.17. The summed E-state index contributed by atoms with van der Waals surface area (Å²) in [6.07, 6.45) is 3.91. The molecule has 1 fully saturated rings. The molecule has 124 valence electrons. The second-order valence-electron chi connectivity index (χ2n) is 5.74. The summed E-state index contributed by atoms with van der Waals surface area (Å²) >= 11 is 0. The molecule has 0 saturated carbocycles. The van der Waals surface area contributed by atoms with Crippen molar-refractivity contribution in [2.45, 2.75) is 57.5 Å². The van der Waals surface area contributed by atoms with Crippen LogP contribution in [0.3, 0.4) is 0 Å². The molecular weight excluding hydrogens is 287 g/mol. The van der Waals surface area contributed by atoms with Crippen LogP contribution in [0, 0.1) is 5.82 Å². The topological polar surface area (TPSA) is 47.9 Å².